The molecule has 1 fully saturated rings. The minimum atomic E-state index is -1.50. The van der Waals surface area contributed by atoms with Crippen molar-refractivity contribution in [3.05, 3.63) is 24.3 Å². The van der Waals surface area contributed by atoms with E-state index in [1.165, 1.54) is 37.4 Å². The van der Waals surface area contributed by atoms with Gasteiger partial charge in [-0.25, -0.2) is 4.79 Å². The Balaban J connectivity index is 2.48. The third-order valence-corrected chi connectivity index (χ3v) is 6.42. The summed E-state index contributed by atoms with van der Waals surface area (Å²) in [7, 11) is 0. The largest absolute Gasteiger partial charge is 0.479 e. The predicted molar refractivity (Wildman–Crippen MR) is 114 cm³/mol. The Labute approximate surface area is 173 Å². The molecule has 0 heterocycles. The third-order valence-electron chi connectivity index (χ3n) is 5.20. The Morgan fingerprint density at radius 1 is 1.25 bits per heavy atom. The number of carboxylic acid groups (broad SMARTS) is 1. The lowest BCUT2D eigenvalue weighted by atomic mass is 9.90. The van der Waals surface area contributed by atoms with E-state index in [0.717, 1.165) is 19.3 Å². The monoisotopic (exact) mass is 412 g/mol. The standard InChI is InChI=1S/C22H36O5S/c1-2-3-4-5-6-7-10-17-13-14-19(24)18(17)11-8-9-12-20(28-16-15-23)21(25)22(26)27/h7,9-10,12,17-18,20-21,23,25H,2-6,8,11,13-16H2,1H3,(H,26,27)/t17-,18+,20?,21?/m0/s1. The highest BCUT2D eigenvalue weighted by Crippen LogP contribution is 2.33. The van der Waals surface area contributed by atoms with Crippen LogP contribution in [-0.2, 0) is 9.59 Å². The second-order valence-corrected chi connectivity index (χ2v) is 8.69. The molecule has 4 atom stereocenters. The van der Waals surface area contributed by atoms with Gasteiger partial charge in [-0.3, -0.25) is 4.79 Å². The van der Waals surface area contributed by atoms with Crippen LogP contribution in [0.4, 0.5) is 0 Å². The van der Waals surface area contributed by atoms with Crippen molar-refractivity contribution in [1.82, 2.24) is 0 Å². The maximum Gasteiger partial charge on any atom is 0.334 e. The van der Waals surface area contributed by atoms with Crippen LogP contribution in [0.1, 0.15) is 64.7 Å². The van der Waals surface area contributed by atoms with Crippen molar-refractivity contribution in [1.29, 1.82) is 0 Å². The van der Waals surface area contributed by atoms with E-state index in [1.54, 1.807) is 6.08 Å². The molecule has 1 saturated carbocycles. The van der Waals surface area contributed by atoms with E-state index < -0.39 is 17.3 Å². The molecule has 5 nitrogen and oxygen atoms in total. The molecular formula is C22H36O5S. The topological polar surface area (TPSA) is 94.8 Å². The predicted octanol–water partition coefficient (Wildman–Crippen LogP) is 3.98. The second kappa shape index (κ2) is 14.8. The molecule has 0 radical (unpaired) electrons. The fourth-order valence-electron chi connectivity index (χ4n) is 3.59. The minimum absolute atomic E-state index is 0.0458. The number of hydrogen-bond donors (Lipinski definition) is 3. The molecule has 3 N–H and O–H groups in total. The quantitative estimate of drug-likeness (QED) is 0.278. The van der Waals surface area contributed by atoms with Gasteiger partial charge in [0.05, 0.1) is 11.9 Å². The average Bonchev–Trinajstić information content (AvgIpc) is 3.03. The van der Waals surface area contributed by atoms with Gasteiger partial charge in [0.1, 0.15) is 5.78 Å². The van der Waals surface area contributed by atoms with E-state index in [1.807, 2.05) is 6.08 Å². The number of hydrogen-bond acceptors (Lipinski definition) is 5. The maximum absolute atomic E-state index is 12.2. The first-order valence-corrected chi connectivity index (χ1v) is 11.6. The number of ketones is 1. The number of aliphatic hydroxyl groups excluding tert-OH is 2. The van der Waals surface area contributed by atoms with Crippen LogP contribution in [0.5, 0.6) is 0 Å². The number of carbonyl (C=O) groups is 2. The maximum atomic E-state index is 12.2. The fraction of sp³-hybridized carbons (Fsp3) is 0.727. The van der Waals surface area contributed by atoms with Gasteiger partial charge in [0.15, 0.2) is 6.10 Å². The molecule has 28 heavy (non-hydrogen) atoms. The van der Waals surface area contributed by atoms with E-state index in [2.05, 4.69) is 19.1 Å². The number of Topliss-reactive ketones (excluding diaryl/α,β-unsaturated/α-hetero) is 1. The number of rotatable bonds is 15. The Morgan fingerprint density at radius 3 is 2.71 bits per heavy atom. The number of carboxylic acids is 1. The third kappa shape index (κ3) is 9.39. The van der Waals surface area contributed by atoms with Crippen LogP contribution in [-0.4, -0.2) is 50.8 Å². The SMILES string of the molecule is CCCCCCC=C[C@H]1CCC(=O)[C@@H]1CCC=CC(SCCO)C(O)C(=O)O. The first-order chi connectivity index (χ1) is 13.5. The van der Waals surface area contributed by atoms with Gasteiger partial charge in [0.25, 0.3) is 0 Å². The Morgan fingerprint density at radius 2 is 2.04 bits per heavy atom. The van der Waals surface area contributed by atoms with Crippen molar-refractivity contribution >= 4 is 23.5 Å². The van der Waals surface area contributed by atoms with Gasteiger partial charge in [-0.05, 0) is 38.0 Å². The van der Waals surface area contributed by atoms with Gasteiger partial charge in [0, 0.05) is 18.1 Å². The highest BCUT2D eigenvalue weighted by atomic mass is 32.2. The summed E-state index contributed by atoms with van der Waals surface area (Å²) in [6, 6.07) is 0. The number of aliphatic hydroxyl groups is 2. The van der Waals surface area contributed by atoms with Gasteiger partial charge in [-0.15, -0.1) is 11.8 Å². The van der Waals surface area contributed by atoms with Crippen molar-refractivity contribution in [2.75, 3.05) is 12.4 Å². The molecule has 0 aromatic heterocycles. The van der Waals surface area contributed by atoms with E-state index >= 15 is 0 Å². The van der Waals surface area contributed by atoms with E-state index in [9.17, 15) is 14.7 Å². The lowest BCUT2D eigenvalue weighted by molar-refractivity contribution is -0.146. The average molecular weight is 413 g/mol. The molecule has 0 spiro atoms. The Kier molecular flexibility index (Phi) is 13.2. The zero-order valence-corrected chi connectivity index (χ0v) is 17.8. The van der Waals surface area contributed by atoms with Gasteiger partial charge in [-0.2, -0.15) is 0 Å². The summed E-state index contributed by atoms with van der Waals surface area (Å²) < 4.78 is 0. The van der Waals surface area contributed by atoms with Gasteiger partial charge in [0.2, 0.25) is 0 Å². The van der Waals surface area contributed by atoms with Crippen molar-refractivity contribution in [3.8, 4) is 0 Å². The molecule has 0 saturated heterocycles. The van der Waals surface area contributed by atoms with E-state index in [-0.39, 0.29) is 12.5 Å². The molecule has 0 aromatic carbocycles. The molecule has 0 bridgehead atoms. The van der Waals surface area contributed by atoms with Crippen LogP contribution in [0.3, 0.4) is 0 Å². The van der Waals surface area contributed by atoms with Crippen LogP contribution >= 0.6 is 11.8 Å². The summed E-state index contributed by atoms with van der Waals surface area (Å²) in [5.41, 5.74) is 0. The number of aliphatic carboxylic acids is 1. The summed E-state index contributed by atoms with van der Waals surface area (Å²) in [5, 5.41) is 27.1. The number of unbranched alkanes of at least 4 members (excludes halogenated alkanes) is 4. The van der Waals surface area contributed by atoms with Crippen LogP contribution in [0.25, 0.3) is 0 Å². The summed E-state index contributed by atoms with van der Waals surface area (Å²) >= 11 is 1.22. The van der Waals surface area contributed by atoms with Gasteiger partial charge < -0.3 is 15.3 Å². The number of allylic oxidation sites excluding steroid dienone is 3. The van der Waals surface area contributed by atoms with Crippen molar-refractivity contribution in [2.24, 2.45) is 11.8 Å². The summed E-state index contributed by atoms with van der Waals surface area (Å²) in [4.78, 5) is 23.2. The summed E-state index contributed by atoms with van der Waals surface area (Å²) in [6.07, 6.45) is 15.6. The second-order valence-electron chi connectivity index (χ2n) is 7.40. The molecule has 6 heteroatoms. The molecule has 1 aliphatic carbocycles. The van der Waals surface area contributed by atoms with E-state index in [4.69, 9.17) is 10.2 Å². The van der Waals surface area contributed by atoms with Crippen LogP contribution in [0.2, 0.25) is 0 Å². The first-order valence-electron chi connectivity index (χ1n) is 10.5. The fourth-order valence-corrected chi connectivity index (χ4v) is 4.49. The number of thioether (sulfide) groups is 1. The molecule has 0 aliphatic heterocycles. The highest BCUT2D eigenvalue weighted by molar-refractivity contribution is 8.00. The normalized spacial score (nSPS) is 22.3. The molecule has 160 valence electrons. The van der Waals surface area contributed by atoms with E-state index in [0.29, 0.717) is 30.3 Å². The number of carbonyl (C=O) groups excluding carboxylic acids is 1. The van der Waals surface area contributed by atoms with Crippen molar-refractivity contribution in [3.63, 3.8) is 0 Å². The van der Waals surface area contributed by atoms with Gasteiger partial charge >= 0.3 is 5.97 Å². The lowest BCUT2D eigenvalue weighted by Gasteiger charge is -2.16. The highest BCUT2D eigenvalue weighted by Gasteiger charge is 2.32. The van der Waals surface area contributed by atoms with Crippen LogP contribution < -0.4 is 0 Å². The Bertz CT molecular complexity index is 517. The van der Waals surface area contributed by atoms with Crippen molar-refractivity contribution < 1.29 is 24.9 Å². The lowest BCUT2D eigenvalue weighted by Crippen LogP contribution is -2.30. The zero-order valence-electron chi connectivity index (χ0n) is 17.0. The van der Waals surface area contributed by atoms with Crippen molar-refractivity contribution in [2.45, 2.75) is 76.1 Å². The summed E-state index contributed by atoms with van der Waals surface area (Å²) in [5.74, 6) is -0.215. The first kappa shape index (κ1) is 24.9. The molecular weight excluding hydrogens is 376 g/mol. The van der Waals surface area contributed by atoms with Crippen LogP contribution in [0.15, 0.2) is 24.3 Å². The molecule has 1 rings (SSSR count). The zero-order chi connectivity index (χ0) is 20.8. The van der Waals surface area contributed by atoms with Crippen LogP contribution in [0, 0.1) is 11.8 Å². The van der Waals surface area contributed by atoms with Gasteiger partial charge in [-0.1, -0.05) is 50.5 Å². The molecule has 0 amide bonds. The summed E-state index contributed by atoms with van der Waals surface area (Å²) in [6.45, 7) is 2.14. The smallest absolute Gasteiger partial charge is 0.334 e. The minimum Gasteiger partial charge on any atom is -0.479 e. The Hall–Kier alpha value is -1.11. The molecule has 0 aromatic rings. The molecule has 2 unspecified atom stereocenters. The molecule has 1 aliphatic rings.